The van der Waals surface area contributed by atoms with Gasteiger partial charge in [0.2, 0.25) is 5.91 Å². The molecule has 3 unspecified atom stereocenters. The van der Waals surface area contributed by atoms with Crippen LogP contribution in [0, 0.1) is 11.3 Å². The summed E-state index contributed by atoms with van der Waals surface area (Å²) >= 11 is 0. The van der Waals surface area contributed by atoms with Gasteiger partial charge in [0.15, 0.2) is 0 Å². The van der Waals surface area contributed by atoms with Crippen LogP contribution in [0.5, 0.6) is 0 Å². The average molecular weight is 327 g/mol. The zero-order valence-electron chi connectivity index (χ0n) is 16.2. The lowest BCUT2D eigenvalue weighted by molar-refractivity contribution is -0.130. The second-order valence-electron chi connectivity index (χ2n) is 7.66. The molecule has 23 heavy (non-hydrogen) atoms. The second-order valence-corrected chi connectivity index (χ2v) is 7.66. The summed E-state index contributed by atoms with van der Waals surface area (Å²) < 4.78 is 0. The van der Waals surface area contributed by atoms with E-state index in [-0.39, 0.29) is 17.9 Å². The lowest BCUT2D eigenvalue weighted by Crippen LogP contribution is -2.51. The first-order valence-corrected chi connectivity index (χ1v) is 9.92. The van der Waals surface area contributed by atoms with Crippen molar-refractivity contribution in [3.05, 3.63) is 0 Å². The predicted molar refractivity (Wildman–Crippen MR) is 101 cm³/mol. The monoisotopic (exact) mass is 326 g/mol. The van der Waals surface area contributed by atoms with Crippen LogP contribution < -0.4 is 11.5 Å². The molecule has 0 heterocycles. The van der Waals surface area contributed by atoms with Gasteiger partial charge in [0.25, 0.3) is 0 Å². The molecule has 0 fully saturated rings. The zero-order valence-corrected chi connectivity index (χ0v) is 16.2. The molecule has 3 heteroatoms. The molecule has 0 spiro atoms. The van der Waals surface area contributed by atoms with Crippen molar-refractivity contribution in [3.8, 4) is 0 Å². The van der Waals surface area contributed by atoms with Crippen molar-refractivity contribution in [2.45, 2.75) is 111 Å². The summed E-state index contributed by atoms with van der Waals surface area (Å²) in [5.41, 5.74) is 11.0. The van der Waals surface area contributed by atoms with Gasteiger partial charge in [0.1, 0.15) is 0 Å². The number of rotatable bonds is 15. The third-order valence-corrected chi connectivity index (χ3v) is 5.74. The van der Waals surface area contributed by atoms with Gasteiger partial charge < -0.3 is 11.5 Å². The van der Waals surface area contributed by atoms with E-state index in [1.807, 2.05) is 13.8 Å². The van der Waals surface area contributed by atoms with Gasteiger partial charge in [0, 0.05) is 6.04 Å². The van der Waals surface area contributed by atoms with Crippen LogP contribution in [-0.4, -0.2) is 11.9 Å². The maximum atomic E-state index is 11.7. The van der Waals surface area contributed by atoms with E-state index < -0.39 is 5.41 Å². The van der Waals surface area contributed by atoms with Crippen LogP contribution >= 0.6 is 0 Å². The van der Waals surface area contributed by atoms with Crippen molar-refractivity contribution < 1.29 is 4.79 Å². The Bertz CT molecular complexity index is 304. The number of primary amides is 1. The highest BCUT2D eigenvalue weighted by atomic mass is 16.1. The smallest absolute Gasteiger partial charge is 0.225 e. The Balaban J connectivity index is 3.66. The normalized spacial score (nSPS) is 16.7. The first kappa shape index (κ1) is 22.4. The molecule has 0 radical (unpaired) electrons. The summed E-state index contributed by atoms with van der Waals surface area (Å²) in [7, 11) is 0. The minimum absolute atomic E-state index is 0.192. The largest absolute Gasteiger partial charge is 0.369 e. The second kappa shape index (κ2) is 12.8. The van der Waals surface area contributed by atoms with Gasteiger partial charge in [-0.05, 0) is 26.2 Å². The van der Waals surface area contributed by atoms with E-state index in [9.17, 15) is 4.79 Å². The molecule has 0 aromatic rings. The van der Waals surface area contributed by atoms with Crippen LogP contribution in [0.2, 0.25) is 0 Å². The van der Waals surface area contributed by atoms with Crippen molar-refractivity contribution >= 4 is 5.91 Å². The Morgan fingerprint density at radius 3 is 1.61 bits per heavy atom. The van der Waals surface area contributed by atoms with E-state index >= 15 is 0 Å². The first-order valence-electron chi connectivity index (χ1n) is 9.92. The Morgan fingerprint density at radius 2 is 1.26 bits per heavy atom. The molecular formula is C20H42N2O. The highest BCUT2D eigenvalue weighted by Crippen LogP contribution is 2.33. The molecule has 0 aliphatic heterocycles. The van der Waals surface area contributed by atoms with E-state index in [1.165, 1.54) is 70.6 Å². The summed E-state index contributed by atoms with van der Waals surface area (Å²) in [6.45, 7) is 8.19. The Hall–Kier alpha value is -0.570. The molecule has 4 N–H and O–H groups in total. The number of nitrogens with two attached hydrogens (primary N) is 2. The average Bonchev–Trinajstić information content (AvgIpc) is 2.50. The molecule has 0 rings (SSSR count). The molecule has 3 nitrogen and oxygen atoms in total. The number of amides is 1. The molecule has 0 aromatic heterocycles. The van der Waals surface area contributed by atoms with Gasteiger partial charge in [-0.2, -0.15) is 0 Å². The van der Waals surface area contributed by atoms with E-state index in [2.05, 4.69) is 13.8 Å². The fourth-order valence-corrected chi connectivity index (χ4v) is 3.33. The lowest BCUT2D eigenvalue weighted by Gasteiger charge is -2.36. The topological polar surface area (TPSA) is 69.1 Å². The Kier molecular flexibility index (Phi) is 12.5. The summed E-state index contributed by atoms with van der Waals surface area (Å²) in [5.74, 6) is -0.0124. The zero-order chi connectivity index (χ0) is 17.7. The third kappa shape index (κ3) is 8.74. The summed E-state index contributed by atoms with van der Waals surface area (Å²) in [6, 6.07) is -0.192. The number of unbranched alkanes of at least 4 members (excludes halogenated alkanes) is 10. The number of carbonyl (C=O) groups is 1. The van der Waals surface area contributed by atoms with E-state index in [1.54, 1.807) is 0 Å². The fraction of sp³-hybridized carbons (Fsp3) is 0.950. The maximum Gasteiger partial charge on any atom is 0.225 e. The van der Waals surface area contributed by atoms with Crippen LogP contribution in [0.1, 0.15) is 105 Å². The molecule has 138 valence electrons. The van der Waals surface area contributed by atoms with Crippen LogP contribution in [0.4, 0.5) is 0 Å². The fourth-order valence-electron chi connectivity index (χ4n) is 3.33. The third-order valence-electron chi connectivity index (χ3n) is 5.74. The van der Waals surface area contributed by atoms with Crippen molar-refractivity contribution in [2.75, 3.05) is 0 Å². The first-order chi connectivity index (χ1) is 10.9. The minimum atomic E-state index is -0.585. The molecule has 0 aromatic carbocycles. The van der Waals surface area contributed by atoms with Gasteiger partial charge >= 0.3 is 0 Å². The molecule has 0 aliphatic rings. The molecule has 0 saturated heterocycles. The van der Waals surface area contributed by atoms with E-state index in [4.69, 9.17) is 11.5 Å². The van der Waals surface area contributed by atoms with Gasteiger partial charge in [-0.3, -0.25) is 4.79 Å². The van der Waals surface area contributed by atoms with E-state index in [0.717, 1.165) is 6.42 Å². The number of hydrogen-bond donors (Lipinski definition) is 2. The maximum absolute atomic E-state index is 11.7. The predicted octanol–water partition coefficient (Wildman–Crippen LogP) is 5.16. The van der Waals surface area contributed by atoms with Crippen LogP contribution in [0.3, 0.4) is 0 Å². The Labute approximate surface area is 145 Å². The standard InChI is InChI=1S/C20H42N2O/c1-5-6-7-8-9-10-11-12-13-14-15-16-17(2)20(4,18(3)21)19(22)23/h17-18H,5-16,21H2,1-4H3,(H2,22,23). The van der Waals surface area contributed by atoms with Crippen molar-refractivity contribution in [3.63, 3.8) is 0 Å². The summed E-state index contributed by atoms with van der Waals surface area (Å²) in [5, 5.41) is 0. The minimum Gasteiger partial charge on any atom is -0.369 e. The highest BCUT2D eigenvalue weighted by Gasteiger charge is 2.40. The molecule has 0 saturated carbocycles. The summed E-state index contributed by atoms with van der Waals surface area (Å²) in [4.78, 5) is 11.7. The molecule has 0 aliphatic carbocycles. The SMILES string of the molecule is CCCCCCCCCCCCCC(C)C(C)(C(N)=O)C(C)N. The number of hydrogen-bond acceptors (Lipinski definition) is 2. The van der Waals surface area contributed by atoms with Gasteiger partial charge in [0.05, 0.1) is 5.41 Å². The van der Waals surface area contributed by atoms with Crippen molar-refractivity contribution in [1.29, 1.82) is 0 Å². The molecule has 0 bridgehead atoms. The highest BCUT2D eigenvalue weighted by molar-refractivity contribution is 5.81. The van der Waals surface area contributed by atoms with Crippen LogP contribution in [0.15, 0.2) is 0 Å². The van der Waals surface area contributed by atoms with Crippen LogP contribution in [-0.2, 0) is 4.79 Å². The van der Waals surface area contributed by atoms with Gasteiger partial charge in [-0.15, -0.1) is 0 Å². The van der Waals surface area contributed by atoms with Crippen molar-refractivity contribution in [1.82, 2.24) is 0 Å². The van der Waals surface area contributed by atoms with Crippen LogP contribution in [0.25, 0.3) is 0 Å². The molecule has 1 amide bonds. The van der Waals surface area contributed by atoms with E-state index in [0.29, 0.717) is 0 Å². The molecule has 3 atom stereocenters. The van der Waals surface area contributed by atoms with Gasteiger partial charge in [-0.25, -0.2) is 0 Å². The Morgan fingerprint density at radius 1 is 0.870 bits per heavy atom. The lowest BCUT2D eigenvalue weighted by atomic mass is 9.70. The molecular weight excluding hydrogens is 284 g/mol. The summed E-state index contributed by atoms with van der Waals surface area (Å²) in [6.07, 6.45) is 15.9. The number of carbonyl (C=O) groups excluding carboxylic acids is 1. The van der Waals surface area contributed by atoms with Gasteiger partial charge in [-0.1, -0.05) is 84.5 Å². The quantitative estimate of drug-likeness (QED) is 0.408. The van der Waals surface area contributed by atoms with Crippen molar-refractivity contribution in [2.24, 2.45) is 22.8 Å².